The fourth-order valence-corrected chi connectivity index (χ4v) is 11.9. The van der Waals surface area contributed by atoms with E-state index in [0.717, 1.165) is 110 Å². The molecular weight excluding hydrogens is 942 g/mol. The summed E-state index contributed by atoms with van der Waals surface area (Å²) in [5.41, 5.74) is 2.74. The van der Waals surface area contributed by atoms with Crippen molar-refractivity contribution in [3.8, 4) is 0 Å². The minimum absolute atomic E-state index is 0.00577. The van der Waals surface area contributed by atoms with Crippen LogP contribution in [0.4, 0.5) is 4.39 Å². The fraction of sp³-hybridized carbons (Fsp3) is 0.561. The number of H-pyrrole nitrogens is 1. The van der Waals surface area contributed by atoms with E-state index in [4.69, 9.17) is 4.74 Å². The summed E-state index contributed by atoms with van der Waals surface area (Å²) in [6.45, 7) is 6.18. The van der Waals surface area contributed by atoms with Crippen LogP contribution in [-0.2, 0) is 25.5 Å². The van der Waals surface area contributed by atoms with E-state index in [2.05, 4.69) is 25.7 Å². The number of nitrogens with one attached hydrogen (secondary N) is 3. The maximum absolute atomic E-state index is 15.1. The fourth-order valence-electron chi connectivity index (χ4n) is 11.9. The van der Waals surface area contributed by atoms with E-state index in [9.17, 15) is 28.8 Å². The molecule has 394 valence electrons. The van der Waals surface area contributed by atoms with Gasteiger partial charge in [0.05, 0.1) is 41.9 Å². The lowest BCUT2D eigenvalue weighted by Crippen LogP contribution is -2.55. The Morgan fingerprint density at radius 1 is 0.676 bits per heavy atom. The van der Waals surface area contributed by atoms with Gasteiger partial charge in [0.25, 0.3) is 17.4 Å². The zero-order valence-corrected chi connectivity index (χ0v) is 42.6. The maximum Gasteiger partial charge on any atom is 0.272 e. The molecule has 4 aliphatic heterocycles. The van der Waals surface area contributed by atoms with Gasteiger partial charge in [0, 0.05) is 88.9 Å². The van der Waals surface area contributed by atoms with Gasteiger partial charge in [-0.05, 0) is 118 Å². The Bertz CT molecular complexity index is 2690. The molecule has 74 heavy (non-hydrogen) atoms. The number of nitrogens with zero attached hydrogens (tertiary/aromatic N) is 6. The Morgan fingerprint density at radius 3 is 2.00 bits per heavy atom. The number of piperazine rings is 1. The van der Waals surface area contributed by atoms with Crippen molar-refractivity contribution < 1.29 is 33.1 Å². The van der Waals surface area contributed by atoms with E-state index in [0.29, 0.717) is 91.8 Å². The Morgan fingerprint density at radius 2 is 1.31 bits per heavy atom. The summed E-state index contributed by atoms with van der Waals surface area (Å²) >= 11 is 0. The van der Waals surface area contributed by atoms with E-state index in [-0.39, 0.29) is 59.4 Å². The molecule has 4 saturated heterocycles. The van der Waals surface area contributed by atoms with Gasteiger partial charge in [-0.25, -0.2) is 9.49 Å². The van der Waals surface area contributed by atoms with Crippen molar-refractivity contribution in [1.82, 2.24) is 45.3 Å². The van der Waals surface area contributed by atoms with Gasteiger partial charge in [0.15, 0.2) is 0 Å². The average Bonchev–Trinajstić information content (AvgIpc) is 4.29. The Kier molecular flexibility index (Phi) is 16.5. The first kappa shape index (κ1) is 51.4. The topological polar surface area (TPSA) is 181 Å². The summed E-state index contributed by atoms with van der Waals surface area (Å²) in [5, 5.41) is 14.5. The molecule has 0 radical (unpaired) electrons. The minimum Gasteiger partial charge on any atom is -0.375 e. The van der Waals surface area contributed by atoms with Crippen LogP contribution < -0.4 is 16.2 Å². The van der Waals surface area contributed by atoms with Crippen molar-refractivity contribution in [2.24, 2.45) is 5.92 Å². The van der Waals surface area contributed by atoms with Gasteiger partial charge in [0.1, 0.15) is 11.9 Å². The van der Waals surface area contributed by atoms with Crippen LogP contribution in [0.2, 0.25) is 0 Å². The summed E-state index contributed by atoms with van der Waals surface area (Å²) in [7, 11) is 0. The molecule has 3 aromatic carbocycles. The molecule has 6 fully saturated rings. The van der Waals surface area contributed by atoms with E-state index in [1.165, 1.54) is 11.6 Å². The van der Waals surface area contributed by atoms with Gasteiger partial charge in [-0.2, -0.15) is 5.10 Å². The Hall–Kier alpha value is -6.04. The second-order valence-corrected chi connectivity index (χ2v) is 21.6. The van der Waals surface area contributed by atoms with Crippen LogP contribution >= 0.6 is 0 Å². The van der Waals surface area contributed by atoms with E-state index in [1.54, 1.807) is 34.1 Å². The lowest BCUT2D eigenvalue weighted by molar-refractivity contribution is -0.140. The number of rotatable bonds is 15. The summed E-state index contributed by atoms with van der Waals surface area (Å²) in [6.07, 6.45) is 12.8. The third-order valence-electron chi connectivity index (χ3n) is 16.6. The van der Waals surface area contributed by atoms with Gasteiger partial charge in [0.2, 0.25) is 17.7 Å². The van der Waals surface area contributed by atoms with E-state index >= 15 is 4.39 Å². The zero-order valence-electron chi connectivity index (χ0n) is 42.6. The monoisotopic (exact) mass is 1010 g/mol. The van der Waals surface area contributed by atoms with Crippen molar-refractivity contribution in [3.05, 3.63) is 111 Å². The Labute approximate surface area is 432 Å². The van der Waals surface area contributed by atoms with Crippen molar-refractivity contribution in [2.75, 3.05) is 78.5 Å². The highest BCUT2D eigenvalue weighted by Gasteiger charge is 2.37. The number of piperidine rings is 3. The second kappa shape index (κ2) is 23.7. The van der Waals surface area contributed by atoms with Gasteiger partial charge < -0.3 is 35.0 Å². The molecule has 5 heterocycles. The van der Waals surface area contributed by atoms with Crippen molar-refractivity contribution in [1.29, 1.82) is 0 Å². The number of hydrogen-bond acceptors (Lipinski definition) is 10. The summed E-state index contributed by atoms with van der Waals surface area (Å²) < 4.78 is 21.7. The summed E-state index contributed by atoms with van der Waals surface area (Å²) in [4.78, 5) is 89.6. The molecule has 0 unspecified atom stereocenters. The Balaban J connectivity index is 0.640. The SMILES string of the molecule is O=C(N[C@@H](C(=O)N1CCC(OC2CCN(CC(=O)N3CCN(C(=O)c4cc(Cc5n[nH]c(=O)c6ccccc56)ccc4F)CC3)CC2)CC1)C1CCCCC1)c1ccc(C2CCN(C(=O)CNC3CC3)CC2)cc1. The number of benzene rings is 3. The lowest BCUT2D eigenvalue weighted by atomic mass is 9.83. The first-order valence-electron chi connectivity index (χ1n) is 27.4. The molecule has 1 aromatic heterocycles. The maximum atomic E-state index is 15.1. The van der Waals surface area contributed by atoms with Gasteiger partial charge in [-0.1, -0.05) is 55.7 Å². The number of likely N-dealkylation sites (tertiary alicyclic amines) is 3. The summed E-state index contributed by atoms with van der Waals surface area (Å²) in [5.74, 6) is -0.596. The van der Waals surface area contributed by atoms with Gasteiger partial charge in [-0.15, -0.1) is 0 Å². The highest BCUT2D eigenvalue weighted by molar-refractivity contribution is 5.98. The highest BCUT2D eigenvalue weighted by atomic mass is 19.1. The number of carbonyl (C=O) groups is 5. The second-order valence-electron chi connectivity index (χ2n) is 21.6. The number of ether oxygens (including phenoxy) is 1. The van der Waals surface area contributed by atoms with Crippen LogP contribution in [0.1, 0.15) is 127 Å². The van der Waals surface area contributed by atoms with E-state index in [1.807, 2.05) is 46.2 Å². The molecule has 6 aliphatic rings. The molecule has 10 rings (SSSR count). The molecule has 0 spiro atoms. The average molecular weight is 1010 g/mol. The quantitative estimate of drug-likeness (QED) is 0.143. The molecular formula is C57H72FN9O7. The number of halogens is 1. The van der Waals surface area contributed by atoms with Crippen LogP contribution in [0.15, 0.2) is 71.5 Å². The number of aromatic nitrogens is 2. The van der Waals surface area contributed by atoms with Crippen LogP contribution in [0.3, 0.4) is 0 Å². The molecule has 17 heteroatoms. The molecule has 2 aliphatic carbocycles. The summed E-state index contributed by atoms with van der Waals surface area (Å²) in [6, 6.07) is 19.4. The largest absolute Gasteiger partial charge is 0.375 e. The third-order valence-corrected chi connectivity index (χ3v) is 16.6. The third kappa shape index (κ3) is 12.5. The van der Waals surface area contributed by atoms with Crippen LogP contribution in [0.25, 0.3) is 10.8 Å². The predicted octanol–water partition coefficient (Wildman–Crippen LogP) is 5.25. The number of hydrogen-bond donors (Lipinski definition) is 3. The number of carbonyl (C=O) groups excluding carboxylic acids is 5. The normalized spacial score (nSPS) is 20.4. The first-order valence-corrected chi connectivity index (χ1v) is 27.4. The predicted molar refractivity (Wildman–Crippen MR) is 278 cm³/mol. The first-order chi connectivity index (χ1) is 36.0. The smallest absolute Gasteiger partial charge is 0.272 e. The number of aromatic amines is 1. The molecule has 16 nitrogen and oxygen atoms in total. The van der Waals surface area contributed by atoms with Crippen molar-refractivity contribution in [2.45, 2.75) is 120 Å². The molecule has 4 aromatic rings. The van der Waals surface area contributed by atoms with Crippen LogP contribution in [-0.4, -0.2) is 167 Å². The van der Waals surface area contributed by atoms with Gasteiger partial charge in [-0.3, -0.25) is 33.7 Å². The molecule has 3 N–H and O–H groups in total. The van der Waals surface area contributed by atoms with Crippen LogP contribution in [0, 0.1) is 11.7 Å². The number of fused-ring (bicyclic) bond motifs is 1. The lowest BCUT2D eigenvalue weighted by Gasteiger charge is -2.40. The highest BCUT2D eigenvalue weighted by Crippen LogP contribution is 2.31. The standard InChI is InChI=1S/C57H72FN9O7/c58-49-17-10-38(35-50-46-8-4-5-9-47(46)55(71)62-61-50)34-48(49)56(72)67-32-30-65(31-33-67)52(69)37-63-24-20-44(21-25-63)74-45-22-28-66(29-23-45)57(73)53(41-6-2-1-3-7-41)60-54(70)42-13-11-39(12-14-42)40-18-26-64(27-19-40)51(68)36-59-43-15-16-43/h4-5,8-14,17,34,40-41,43-45,53,59H,1-3,6-7,15-16,18-33,35-37H2,(H,60,70)(H,62,71)/t53-/m1/s1. The van der Waals surface area contributed by atoms with Crippen LogP contribution in [0.5, 0.6) is 0 Å². The molecule has 1 atom stereocenters. The van der Waals surface area contributed by atoms with Crippen molar-refractivity contribution >= 4 is 40.3 Å². The van der Waals surface area contributed by atoms with Crippen molar-refractivity contribution in [3.63, 3.8) is 0 Å². The number of amides is 5. The molecule has 0 bridgehead atoms. The van der Waals surface area contributed by atoms with Gasteiger partial charge >= 0.3 is 0 Å². The minimum atomic E-state index is -0.611. The van der Waals surface area contributed by atoms with E-state index < -0.39 is 17.8 Å². The zero-order chi connectivity index (χ0) is 51.1. The molecule has 2 saturated carbocycles. The molecule has 5 amide bonds.